The number of benzene rings is 2. The van der Waals surface area contributed by atoms with Gasteiger partial charge in [0, 0.05) is 17.1 Å². The first kappa shape index (κ1) is 16.6. The first-order valence-electron chi connectivity index (χ1n) is 8.26. The topological polar surface area (TPSA) is 62.5 Å². The summed E-state index contributed by atoms with van der Waals surface area (Å²) in [6.45, 7) is 0.632. The fraction of sp³-hybridized carbons (Fsp3) is 0.100. The van der Waals surface area contributed by atoms with E-state index in [9.17, 15) is 5.11 Å². The summed E-state index contributed by atoms with van der Waals surface area (Å²) in [6.07, 6.45) is 1.79. The number of nitrogens with zero attached hydrogens (tertiary/aromatic N) is 3. The molecule has 0 fully saturated rings. The first-order chi connectivity index (χ1) is 12.7. The molecule has 5 nitrogen and oxygen atoms in total. The van der Waals surface area contributed by atoms with Crippen molar-refractivity contribution in [3.8, 4) is 11.3 Å². The Hall–Kier alpha value is -2.89. The van der Waals surface area contributed by atoms with Crippen LogP contribution in [0, 0.1) is 0 Å². The van der Waals surface area contributed by atoms with Crippen LogP contribution in [-0.2, 0) is 13.2 Å². The van der Waals surface area contributed by atoms with Crippen molar-refractivity contribution < 1.29 is 5.11 Å². The van der Waals surface area contributed by atoms with Crippen molar-refractivity contribution in [3.63, 3.8) is 0 Å². The second-order valence-corrected chi connectivity index (χ2v) is 6.41. The van der Waals surface area contributed by atoms with E-state index in [4.69, 9.17) is 11.6 Å². The molecule has 0 spiro atoms. The number of fused-ring (bicyclic) bond motifs is 1. The smallest absolute Gasteiger partial charge is 0.154 e. The van der Waals surface area contributed by atoms with Gasteiger partial charge in [-0.3, -0.25) is 0 Å². The van der Waals surface area contributed by atoms with Crippen LogP contribution in [0.4, 0.5) is 5.82 Å². The third-order valence-electron chi connectivity index (χ3n) is 4.13. The van der Waals surface area contributed by atoms with Crippen LogP contribution in [-0.4, -0.2) is 19.7 Å². The van der Waals surface area contributed by atoms with Crippen molar-refractivity contribution in [1.29, 1.82) is 0 Å². The zero-order valence-corrected chi connectivity index (χ0v) is 14.7. The standard InChI is InChI=1S/C20H17ClN4O/c21-17-6-2-3-14(10-17)11-22-19-7-8-20-23-12-18(25(20)24-19)16-5-1-4-15(9-16)13-26/h1-10,12,26H,11,13H2,(H,22,24). The van der Waals surface area contributed by atoms with Gasteiger partial charge < -0.3 is 10.4 Å². The van der Waals surface area contributed by atoms with Gasteiger partial charge in [-0.15, -0.1) is 5.10 Å². The van der Waals surface area contributed by atoms with Gasteiger partial charge >= 0.3 is 0 Å². The van der Waals surface area contributed by atoms with Crippen molar-refractivity contribution >= 4 is 23.1 Å². The minimum atomic E-state index is 0.00441. The van der Waals surface area contributed by atoms with Crippen molar-refractivity contribution in [3.05, 3.63) is 83.0 Å². The maximum atomic E-state index is 9.36. The molecule has 0 radical (unpaired) electrons. The second kappa shape index (κ2) is 7.15. The van der Waals surface area contributed by atoms with Crippen LogP contribution in [0.2, 0.25) is 5.02 Å². The van der Waals surface area contributed by atoms with Gasteiger partial charge in [-0.2, -0.15) is 0 Å². The van der Waals surface area contributed by atoms with Crippen LogP contribution in [0.25, 0.3) is 16.9 Å². The molecule has 2 aromatic heterocycles. The largest absolute Gasteiger partial charge is 0.392 e. The van der Waals surface area contributed by atoms with Gasteiger partial charge in [0.2, 0.25) is 0 Å². The van der Waals surface area contributed by atoms with E-state index in [1.165, 1.54) is 0 Å². The lowest BCUT2D eigenvalue weighted by atomic mass is 10.1. The highest BCUT2D eigenvalue weighted by Crippen LogP contribution is 2.22. The molecule has 2 heterocycles. The van der Waals surface area contributed by atoms with Gasteiger partial charge in [-0.05, 0) is 41.5 Å². The molecule has 0 aliphatic rings. The SMILES string of the molecule is OCc1cccc(-c2cnc3ccc(NCc4cccc(Cl)c4)nn23)c1. The van der Waals surface area contributed by atoms with E-state index in [0.717, 1.165) is 33.8 Å². The minimum Gasteiger partial charge on any atom is -0.392 e. The van der Waals surface area contributed by atoms with E-state index in [1.54, 1.807) is 10.7 Å². The van der Waals surface area contributed by atoms with Gasteiger partial charge in [-0.25, -0.2) is 9.50 Å². The molecule has 2 N–H and O–H groups in total. The maximum absolute atomic E-state index is 9.36. The van der Waals surface area contributed by atoms with Crippen molar-refractivity contribution in [2.45, 2.75) is 13.2 Å². The van der Waals surface area contributed by atoms with Gasteiger partial charge in [0.25, 0.3) is 0 Å². The average molecular weight is 365 g/mol. The molecule has 0 amide bonds. The monoisotopic (exact) mass is 364 g/mol. The van der Waals surface area contributed by atoms with Crippen molar-refractivity contribution in [2.24, 2.45) is 0 Å². The quantitative estimate of drug-likeness (QED) is 0.558. The summed E-state index contributed by atoms with van der Waals surface area (Å²) < 4.78 is 1.80. The Kier molecular flexibility index (Phi) is 4.56. The summed E-state index contributed by atoms with van der Waals surface area (Å²) in [5.74, 6) is 0.745. The molecular formula is C20H17ClN4O. The van der Waals surface area contributed by atoms with Gasteiger partial charge in [0.05, 0.1) is 18.5 Å². The van der Waals surface area contributed by atoms with E-state index >= 15 is 0 Å². The number of aliphatic hydroxyl groups is 1. The van der Waals surface area contributed by atoms with Gasteiger partial charge in [0.1, 0.15) is 5.82 Å². The first-order valence-corrected chi connectivity index (χ1v) is 8.64. The molecule has 2 aromatic carbocycles. The van der Waals surface area contributed by atoms with Gasteiger partial charge in [-0.1, -0.05) is 41.9 Å². The Morgan fingerprint density at radius 3 is 2.69 bits per heavy atom. The number of hydrogen-bond donors (Lipinski definition) is 2. The predicted molar refractivity (Wildman–Crippen MR) is 103 cm³/mol. The summed E-state index contributed by atoms with van der Waals surface area (Å²) in [5, 5.41) is 18.0. The summed E-state index contributed by atoms with van der Waals surface area (Å²) in [4.78, 5) is 4.41. The number of aliphatic hydroxyl groups excluding tert-OH is 1. The minimum absolute atomic E-state index is 0.00441. The maximum Gasteiger partial charge on any atom is 0.154 e. The number of imidazole rings is 1. The fourth-order valence-electron chi connectivity index (χ4n) is 2.83. The molecule has 0 bridgehead atoms. The van der Waals surface area contributed by atoms with E-state index in [2.05, 4.69) is 15.4 Å². The number of anilines is 1. The molecule has 130 valence electrons. The van der Waals surface area contributed by atoms with E-state index in [0.29, 0.717) is 11.6 Å². The molecule has 0 unspecified atom stereocenters. The highest BCUT2D eigenvalue weighted by atomic mass is 35.5. The lowest BCUT2D eigenvalue weighted by molar-refractivity contribution is 0.282. The number of hydrogen-bond acceptors (Lipinski definition) is 4. The molecule has 0 atom stereocenters. The summed E-state index contributed by atoms with van der Waals surface area (Å²) in [6, 6.07) is 19.3. The average Bonchev–Trinajstić information content (AvgIpc) is 3.10. The molecule has 26 heavy (non-hydrogen) atoms. The van der Waals surface area contributed by atoms with Gasteiger partial charge in [0.15, 0.2) is 5.65 Å². The molecule has 4 rings (SSSR count). The van der Waals surface area contributed by atoms with Crippen molar-refractivity contribution in [1.82, 2.24) is 14.6 Å². The second-order valence-electron chi connectivity index (χ2n) is 5.97. The molecule has 6 heteroatoms. The van der Waals surface area contributed by atoms with Crippen LogP contribution in [0.3, 0.4) is 0 Å². The summed E-state index contributed by atoms with van der Waals surface area (Å²) in [5.41, 5.74) is 4.54. The zero-order valence-electron chi connectivity index (χ0n) is 13.9. The Labute approximate surface area is 155 Å². The Morgan fingerprint density at radius 1 is 1.00 bits per heavy atom. The molecule has 0 aliphatic heterocycles. The normalized spacial score (nSPS) is 11.0. The lowest BCUT2D eigenvalue weighted by Gasteiger charge is -2.08. The fourth-order valence-corrected chi connectivity index (χ4v) is 3.05. The van der Waals surface area contributed by atoms with E-state index in [1.807, 2.05) is 60.7 Å². The van der Waals surface area contributed by atoms with Crippen LogP contribution < -0.4 is 5.32 Å². The molecule has 0 saturated carbocycles. The summed E-state index contributed by atoms with van der Waals surface area (Å²) >= 11 is 6.03. The summed E-state index contributed by atoms with van der Waals surface area (Å²) in [7, 11) is 0. The highest BCUT2D eigenvalue weighted by molar-refractivity contribution is 6.30. The lowest BCUT2D eigenvalue weighted by Crippen LogP contribution is -2.04. The number of halogens is 1. The third kappa shape index (κ3) is 3.40. The molecule has 0 aliphatic carbocycles. The van der Waals surface area contributed by atoms with E-state index < -0.39 is 0 Å². The molecule has 0 saturated heterocycles. The number of aromatic nitrogens is 3. The van der Waals surface area contributed by atoms with E-state index in [-0.39, 0.29) is 6.61 Å². The zero-order chi connectivity index (χ0) is 17.9. The third-order valence-corrected chi connectivity index (χ3v) is 4.37. The molecule has 4 aromatic rings. The molecular weight excluding hydrogens is 348 g/mol. The Balaban J connectivity index is 1.64. The van der Waals surface area contributed by atoms with Crippen molar-refractivity contribution in [2.75, 3.05) is 5.32 Å². The highest BCUT2D eigenvalue weighted by Gasteiger charge is 2.08. The van der Waals surface area contributed by atoms with Crippen LogP contribution in [0.15, 0.2) is 66.9 Å². The Morgan fingerprint density at radius 2 is 1.85 bits per heavy atom. The number of rotatable bonds is 5. The predicted octanol–water partition coefficient (Wildman–Crippen LogP) is 4.15. The van der Waals surface area contributed by atoms with Crippen LogP contribution in [0.1, 0.15) is 11.1 Å². The Bertz CT molecular complexity index is 1060. The van der Waals surface area contributed by atoms with Crippen LogP contribution >= 0.6 is 11.6 Å². The number of nitrogens with one attached hydrogen (secondary N) is 1. The van der Waals surface area contributed by atoms with Crippen LogP contribution in [0.5, 0.6) is 0 Å².